The number of hydrogen-bond donors (Lipinski definition) is 4. The van der Waals surface area contributed by atoms with E-state index in [9.17, 15) is 45.5 Å². The van der Waals surface area contributed by atoms with E-state index in [-0.39, 0.29) is 61.1 Å². The summed E-state index contributed by atoms with van der Waals surface area (Å²) < 4.78 is 95.3. The van der Waals surface area contributed by atoms with E-state index in [0.29, 0.717) is 0 Å². The van der Waals surface area contributed by atoms with Gasteiger partial charge in [0.15, 0.2) is 5.76 Å². The molecule has 1 heterocycles. The zero-order valence-electron chi connectivity index (χ0n) is 27.5. The maximum absolute atomic E-state index is 12.4. The van der Waals surface area contributed by atoms with Crippen molar-refractivity contribution >= 4 is 53.5 Å². The van der Waals surface area contributed by atoms with Gasteiger partial charge in [-0.1, -0.05) is 0 Å². The van der Waals surface area contributed by atoms with Gasteiger partial charge in [0.05, 0.1) is 19.8 Å². The van der Waals surface area contributed by atoms with Gasteiger partial charge in [-0.05, 0) is 32.5 Å². The molecule has 280 valence electrons. The van der Waals surface area contributed by atoms with E-state index in [4.69, 9.17) is 15.6 Å². The first-order chi connectivity index (χ1) is 22.0. The molecule has 0 amide bonds. The van der Waals surface area contributed by atoms with Crippen molar-refractivity contribution in [2.75, 3.05) is 33.9 Å². The van der Waals surface area contributed by atoms with Crippen LogP contribution < -0.4 is 51.5 Å². The van der Waals surface area contributed by atoms with Crippen molar-refractivity contribution in [3.63, 3.8) is 0 Å². The van der Waals surface area contributed by atoms with E-state index in [1.165, 1.54) is 41.2 Å². The summed E-state index contributed by atoms with van der Waals surface area (Å²) in [6, 6.07) is 0. The minimum atomic E-state index is -3.26. The number of alkyl halides is 6. The number of aliphatic hydroxyl groups excluding tert-OH is 1. The van der Waals surface area contributed by atoms with E-state index >= 15 is 0 Å². The van der Waals surface area contributed by atoms with Gasteiger partial charge >= 0.3 is 53.9 Å². The molecule has 25 heteroatoms. The zero-order valence-corrected chi connectivity index (χ0v) is 31.0. The summed E-state index contributed by atoms with van der Waals surface area (Å²) in [4.78, 5) is 47.5. The molecule has 0 radical (unpaired) electrons. The van der Waals surface area contributed by atoms with Gasteiger partial charge in [-0.25, -0.2) is 63.7 Å². The summed E-state index contributed by atoms with van der Waals surface area (Å²) in [6.07, 6.45) is -6.30. The third-order valence-corrected chi connectivity index (χ3v) is 4.09. The van der Waals surface area contributed by atoms with Crippen LogP contribution in [0.5, 0.6) is 0 Å². The van der Waals surface area contributed by atoms with Gasteiger partial charge in [0.1, 0.15) is 22.4 Å². The van der Waals surface area contributed by atoms with Crippen LogP contribution in [0.4, 0.5) is 26.3 Å². The summed E-state index contributed by atoms with van der Waals surface area (Å²) in [5.74, 6) is -0.710. The molecule has 1 aromatic rings. The Morgan fingerprint density at radius 2 is 1.45 bits per heavy atom. The minimum absolute atomic E-state index is 0. The summed E-state index contributed by atoms with van der Waals surface area (Å²) >= 11 is 7.53. The van der Waals surface area contributed by atoms with Gasteiger partial charge in [0, 0.05) is 39.8 Å². The number of aryl methyl sites for hydroxylation is 1. The molecule has 0 unspecified atom stereocenters. The molecule has 0 aromatic carbocycles. The van der Waals surface area contributed by atoms with Crippen molar-refractivity contribution in [1.82, 2.24) is 20.9 Å². The number of nitrogens with two attached hydrogens (primary N) is 2. The normalized spacial score (nSPS) is 10.6. The number of halogens is 8. The number of nitrogens with zero attached hydrogens (tertiary/aromatic N) is 4. The molecule has 0 spiro atoms. The molecule has 1 rings (SSSR count). The molecule has 0 atom stereocenters. The van der Waals surface area contributed by atoms with Gasteiger partial charge in [-0.2, -0.15) is 5.10 Å². The van der Waals surface area contributed by atoms with Gasteiger partial charge < -0.3 is 35.1 Å². The minimum Gasteiger partial charge on any atom is -0.769 e. The Morgan fingerprint density at radius 3 is 1.80 bits per heavy atom. The van der Waals surface area contributed by atoms with Crippen molar-refractivity contribution in [3.8, 4) is 0 Å². The number of esters is 3. The SMILES string of the molecule is CCOC(=O)/C(=C/N(C)N)C(=O)C(F)F.CCOC(=O)C(C=NC)=C(O)C(F)F.CCOC(=O)c1cn(C)nc1C(F)F.N.NCl.[Na+].[O-]Cl. The van der Waals surface area contributed by atoms with Crippen LogP contribution in [0.3, 0.4) is 0 Å². The Hall–Kier alpha value is -2.96. The Kier molecular flexibility index (Phi) is 41.5. The summed E-state index contributed by atoms with van der Waals surface area (Å²) in [7, 11) is 4.05. The molecule has 0 saturated carbocycles. The topological polar surface area (TPSA) is 260 Å². The molecule has 49 heavy (non-hydrogen) atoms. The van der Waals surface area contributed by atoms with Crippen LogP contribution in [0.15, 0.2) is 34.3 Å². The van der Waals surface area contributed by atoms with E-state index in [1.807, 2.05) is 0 Å². The molecule has 0 bridgehead atoms. The molecule has 0 aliphatic carbocycles. The Balaban J connectivity index is -0.000000132. The van der Waals surface area contributed by atoms with Crippen molar-refractivity contribution in [2.24, 2.45) is 23.1 Å². The van der Waals surface area contributed by atoms with Crippen LogP contribution in [0.1, 0.15) is 43.2 Å². The van der Waals surface area contributed by atoms with E-state index in [2.05, 4.69) is 53.2 Å². The van der Waals surface area contributed by atoms with Crippen molar-refractivity contribution in [2.45, 2.75) is 40.0 Å². The summed E-state index contributed by atoms with van der Waals surface area (Å²) in [5, 5.41) is 17.1. The number of Topliss-reactive ketones (excluding diaryl/α,β-unsaturated/α-hetero) is 1. The van der Waals surface area contributed by atoms with E-state index in [1.54, 1.807) is 6.92 Å². The molecule has 8 N–H and O–H groups in total. The average molecular weight is 776 g/mol. The number of carbonyl (C=O) groups is 4. The van der Waals surface area contributed by atoms with Gasteiger partial charge in [0.2, 0.25) is 5.78 Å². The smallest absolute Gasteiger partial charge is 0.769 e. The first kappa shape index (κ1) is 58.3. The predicted octanol–water partition coefficient (Wildman–Crippen LogP) is -0.300. The third-order valence-electron chi connectivity index (χ3n) is 4.09. The van der Waals surface area contributed by atoms with Crippen molar-refractivity contribution in [1.29, 1.82) is 0 Å². The second-order valence-corrected chi connectivity index (χ2v) is 7.42. The fourth-order valence-corrected chi connectivity index (χ4v) is 2.46. The second-order valence-electron chi connectivity index (χ2n) is 7.42. The molecule has 0 aliphatic rings. The Bertz CT molecular complexity index is 1180. The number of rotatable bonds is 12. The number of hydrazine groups is 1. The van der Waals surface area contributed by atoms with Gasteiger partial charge in [-0.15, -0.1) is 0 Å². The maximum atomic E-state index is 12.4. The van der Waals surface area contributed by atoms with Gasteiger partial charge in [-0.3, -0.25) is 14.5 Å². The fourth-order valence-electron chi connectivity index (χ4n) is 2.46. The molecular formula is C24H38Cl2F6N7NaO9. The second kappa shape index (κ2) is 34.9. The summed E-state index contributed by atoms with van der Waals surface area (Å²) in [6.45, 7) is 4.80. The number of aromatic nitrogens is 2. The number of hydrogen-bond acceptors (Lipinski definition) is 15. The number of aliphatic imine (C=N–C) groups is 1. The zero-order chi connectivity index (χ0) is 37.9. The average Bonchev–Trinajstić information content (AvgIpc) is 3.43. The largest absolute Gasteiger partial charge is 1.00 e. The summed E-state index contributed by atoms with van der Waals surface area (Å²) in [5.41, 5.74) is -2.10. The Labute approximate surface area is 310 Å². The van der Waals surface area contributed by atoms with Crippen molar-refractivity contribution in [3.05, 3.63) is 40.6 Å². The molecule has 1 aromatic heterocycles. The maximum Gasteiger partial charge on any atom is 1.00 e. The van der Waals surface area contributed by atoms with Gasteiger partial charge in [0.25, 0.3) is 12.9 Å². The number of ketones is 1. The molecule has 0 fully saturated rings. The molecular weight excluding hydrogens is 738 g/mol. The van der Waals surface area contributed by atoms with Crippen LogP contribution in [-0.4, -0.2) is 96.6 Å². The van der Waals surface area contributed by atoms with E-state index < -0.39 is 65.6 Å². The van der Waals surface area contributed by atoms with E-state index in [0.717, 1.165) is 22.1 Å². The first-order valence-electron chi connectivity index (χ1n) is 12.4. The van der Waals surface area contributed by atoms with Crippen LogP contribution >= 0.6 is 23.6 Å². The monoisotopic (exact) mass is 775 g/mol. The number of aliphatic hydroxyl groups is 1. The van der Waals surface area contributed by atoms with Crippen molar-refractivity contribution < 1.29 is 99.1 Å². The third kappa shape index (κ3) is 25.6. The molecule has 0 aliphatic heterocycles. The first-order valence-corrected chi connectivity index (χ1v) is 13.1. The fraction of sp³-hybridized carbons (Fsp3) is 0.500. The van der Waals surface area contributed by atoms with Crippen LogP contribution in [-0.2, 0) is 35.6 Å². The Morgan fingerprint density at radius 1 is 1.00 bits per heavy atom. The number of carbonyl (C=O) groups excluding carboxylic acids is 4. The molecule has 16 nitrogen and oxygen atoms in total. The predicted molar refractivity (Wildman–Crippen MR) is 159 cm³/mol. The molecule has 0 saturated heterocycles. The van der Waals surface area contributed by atoms with Crippen LogP contribution in [0, 0.1) is 0 Å². The van der Waals surface area contributed by atoms with Crippen LogP contribution in [0.25, 0.3) is 0 Å². The quantitative estimate of drug-likeness (QED) is 0.0173. The number of allylic oxidation sites excluding steroid dienone is 1. The standard InChI is InChI=1S/C8H12F2N2O3.C8H10F2N2O2.C8H11F2NO3.ClH2N.ClO.H3N.Na/c1-3-15-8(14)5(4-12(2)11)6(13)7(9)10;1-3-14-8(13)5-4-12(2)11-6(5)7(9)10;1-3-14-8(13)5(4-11-2)6(12)7(9)10;2*1-2;;/h4,7H,3,11H2,1-2H3;4,7H,3H2,1-2H3;4,7,12H,3H2,1-2H3;2H2;;1H3;/q;;;;-1;;+1/b5-4+;;;;;;. The van der Waals surface area contributed by atoms with Crippen LogP contribution in [0.2, 0.25) is 0 Å². The number of ether oxygens (including phenoxy) is 3.